The number of hydrogen-bond acceptors (Lipinski definition) is 5. The number of nitrogens with zero attached hydrogens (tertiary/aromatic N) is 1. The molecule has 0 aromatic carbocycles. The van der Waals surface area contributed by atoms with E-state index in [0.717, 1.165) is 0 Å². The second kappa shape index (κ2) is 10.2. The molecule has 1 heterocycles. The number of hydrogen-bond donors (Lipinski definition) is 0. The lowest BCUT2D eigenvalue weighted by molar-refractivity contribution is -0.143. The van der Waals surface area contributed by atoms with E-state index >= 15 is 0 Å². The molecular formula is C28H49NO5. The van der Waals surface area contributed by atoms with Crippen LogP contribution in [0.25, 0.3) is 0 Å². The van der Waals surface area contributed by atoms with E-state index in [9.17, 15) is 14.4 Å². The van der Waals surface area contributed by atoms with Crippen LogP contribution < -0.4 is 0 Å². The third kappa shape index (κ3) is 8.30. The molecule has 196 valence electrons. The fourth-order valence-corrected chi connectivity index (χ4v) is 3.83. The van der Waals surface area contributed by atoms with E-state index in [4.69, 9.17) is 9.47 Å². The van der Waals surface area contributed by atoms with E-state index in [1.165, 1.54) is 4.90 Å². The van der Waals surface area contributed by atoms with Crippen molar-refractivity contribution in [3.63, 3.8) is 0 Å². The minimum atomic E-state index is -0.561. The van der Waals surface area contributed by atoms with Gasteiger partial charge in [0.15, 0.2) is 0 Å². The smallest absolute Gasteiger partial charge is 0.257 e. The Labute approximate surface area is 207 Å². The third-order valence-electron chi connectivity index (χ3n) is 6.07. The maximum absolute atomic E-state index is 13.3. The molecule has 0 radical (unpaired) electrons. The highest BCUT2D eigenvalue weighted by Gasteiger charge is 2.46. The van der Waals surface area contributed by atoms with Gasteiger partial charge in [0.2, 0.25) is 0 Å². The van der Waals surface area contributed by atoms with Crippen molar-refractivity contribution < 1.29 is 23.9 Å². The van der Waals surface area contributed by atoms with Crippen molar-refractivity contribution in [2.75, 3.05) is 19.8 Å². The summed E-state index contributed by atoms with van der Waals surface area (Å²) in [5.74, 6) is -0.210. The van der Waals surface area contributed by atoms with Gasteiger partial charge in [0.25, 0.3) is 11.8 Å². The van der Waals surface area contributed by atoms with Crippen molar-refractivity contribution in [3.05, 3.63) is 11.1 Å². The number of ketones is 1. The van der Waals surface area contributed by atoms with Gasteiger partial charge in [-0.25, -0.2) is 0 Å². The zero-order valence-corrected chi connectivity index (χ0v) is 24.0. The first-order chi connectivity index (χ1) is 15.0. The monoisotopic (exact) mass is 479 g/mol. The lowest BCUT2D eigenvalue weighted by Crippen LogP contribution is -2.41. The predicted molar refractivity (Wildman–Crippen MR) is 136 cm³/mol. The maximum atomic E-state index is 13.3. The molecule has 0 N–H and O–H groups in total. The van der Waals surface area contributed by atoms with E-state index in [2.05, 4.69) is 0 Å². The van der Waals surface area contributed by atoms with Gasteiger partial charge in [-0.2, -0.15) is 0 Å². The van der Waals surface area contributed by atoms with Crippen LogP contribution in [0.15, 0.2) is 11.1 Å². The highest BCUT2D eigenvalue weighted by atomic mass is 16.6. The maximum Gasteiger partial charge on any atom is 0.257 e. The van der Waals surface area contributed by atoms with Gasteiger partial charge in [0, 0.05) is 29.5 Å². The molecule has 0 aliphatic carbocycles. The molecule has 1 aliphatic rings. The van der Waals surface area contributed by atoms with Crippen LogP contribution in [0.5, 0.6) is 0 Å². The molecule has 0 saturated carbocycles. The fraction of sp³-hybridized carbons (Fsp3) is 0.821. The van der Waals surface area contributed by atoms with Crippen LogP contribution >= 0.6 is 0 Å². The van der Waals surface area contributed by atoms with Gasteiger partial charge in [-0.1, -0.05) is 62.3 Å². The van der Waals surface area contributed by atoms with Gasteiger partial charge >= 0.3 is 0 Å². The Hall–Kier alpha value is -1.53. The standard InChI is InChI=1S/C28H49NO5/c1-24(2,3)19(30)14-17-33-28(12,13)18-34-27(10,11)15-16-29-22(31)20(25(4,5)6)21(23(29)32)26(7,8)9/h14-18H2,1-13H3. The van der Waals surface area contributed by atoms with Crippen molar-refractivity contribution in [2.45, 2.75) is 114 Å². The molecule has 1 rings (SSSR count). The molecule has 0 aromatic heterocycles. The Kier molecular flexibility index (Phi) is 9.17. The second-order valence-electron chi connectivity index (χ2n) is 13.8. The molecule has 0 bridgehead atoms. The summed E-state index contributed by atoms with van der Waals surface area (Å²) in [5.41, 5.74) is -1.09. The summed E-state index contributed by atoms with van der Waals surface area (Å²) in [6.45, 7) is 26.4. The van der Waals surface area contributed by atoms with Crippen molar-refractivity contribution in [1.82, 2.24) is 4.90 Å². The molecule has 0 atom stereocenters. The zero-order valence-electron chi connectivity index (χ0n) is 24.0. The van der Waals surface area contributed by atoms with Crippen LogP contribution in [0.1, 0.15) is 103 Å². The summed E-state index contributed by atoms with van der Waals surface area (Å²) >= 11 is 0. The normalized spacial score (nSPS) is 16.7. The number of amides is 2. The summed E-state index contributed by atoms with van der Waals surface area (Å²) in [6.07, 6.45) is 0.882. The zero-order chi connectivity index (χ0) is 26.9. The van der Waals surface area contributed by atoms with Gasteiger partial charge in [-0.3, -0.25) is 19.3 Å². The fourth-order valence-electron chi connectivity index (χ4n) is 3.83. The molecule has 1 aliphatic heterocycles. The van der Waals surface area contributed by atoms with Crippen molar-refractivity contribution >= 4 is 17.6 Å². The third-order valence-corrected chi connectivity index (χ3v) is 6.07. The average molecular weight is 480 g/mol. The van der Waals surface area contributed by atoms with Gasteiger partial charge in [0.1, 0.15) is 5.78 Å². The SMILES string of the molecule is CC(C)(CCN1C(=O)C(C(C)(C)C)=C(C(C)(C)C)C1=O)OCC(C)(C)OCCC(=O)C(C)(C)C. The number of carbonyl (C=O) groups excluding carboxylic acids is 3. The molecule has 0 saturated heterocycles. The number of imide groups is 1. The average Bonchev–Trinajstić information content (AvgIpc) is 2.88. The van der Waals surface area contributed by atoms with E-state index in [0.29, 0.717) is 43.7 Å². The van der Waals surface area contributed by atoms with Crippen LogP contribution in [0, 0.1) is 16.2 Å². The first-order valence-electron chi connectivity index (χ1n) is 12.4. The van der Waals surface area contributed by atoms with Crippen LogP contribution in [-0.2, 0) is 23.9 Å². The van der Waals surface area contributed by atoms with Gasteiger partial charge in [0.05, 0.1) is 24.4 Å². The van der Waals surface area contributed by atoms with Crippen molar-refractivity contribution in [3.8, 4) is 0 Å². The van der Waals surface area contributed by atoms with Crippen LogP contribution in [0.2, 0.25) is 0 Å². The predicted octanol–water partition coefficient (Wildman–Crippen LogP) is 5.73. The molecule has 6 nitrogen and oxygen atoms in total. The van der Waals surface area contributed by atoms with Crippen LogP contribution in [0.4, 0.5) is 0 Å². The highest BCUT2D eigenvalue weighted by molar-refractivity contribution is 6.20. The summed E-state index contributed by atoms with van der Waals surface area (Å²) in [5, 5.41) is 0. The number of ether oxygens (including phenoxy) is 2. The highest BCUT2D eigenvalue weighted by Crippen LogP contribution is 2.42. The molecule has 34 heavy (non-hydrogen) atoms. The first kappa shape index (κ1) is 30.5. The molecule has 0 fully saturated rings. The van der Waals surface area contributed by atoms with E-state index < -0.39 is 22.0 Å². The number of carbonyl (C=O) groups is 3. The number of rotatable bonds is 10. The molecule has 0 spiro atoms. The lowest BCUT2D eigenvalue weighted by Gasteiger charge is -2.33. The lowest BCUT2D eigenvalue weighted by atomic mass is 9.76. The van der Waals surface area contributed by atoms with Gasteiger partial charge in [-0.15, -0.1) is 0 Å². The first-order valence-corrected chi connectivity index (χ1v) is 12.4. The minimum Gasteiger partial charge on any atom is -0.373 e. The molecule has 2 amide bonds. The largest absolute Gasteiger partial charge is 0.373 e. The topological polar surface area (TPSA) is 72.9 Å². The van der Waals surface area contributed by atoms with Crippen molar-refractivity contribution in [1.29, 1.82) is 0 Å². The van der Waals surface area contributed by atoms with Crippen LogP contribution in [-0.4, -0.2) is 53.5 Å². The Bertz CT molecular complexity index is 777. The van der Waals surface area contributed by atoms with Gasteiger partial charge < -0.3 is 9.47 Å². The summed E-state index contributed by atoms with van der Waals surface area (Å²) in [6, 6.07) is 0. The van der Waals surface area contributed by atoms with E-state index in [-0.39, 0.29) is 23.0 Å². The van der Waals surface area contributed by atoms with E-state index in [1.807, 2.05) is 90.0 Å². The molecular weight excluding hydrogens is 430 g/mol. The summed E-state index contributed by atoms with van der Waals surface area (Å²) in [7, 11) is 0. The Morgan fingerprint density at radius 2 is 1.15 bits per heavy atom. The second-order valence-corrected chi connectivity index (χ2v) is 13.8. The summed E-state index contributed by atoms with van der Waals surface area (Å²) < 4.78 is 12.1. The Morgan fingerprint density at radius 1 is 0.706 bits per heavy atom. The van der Waals surface area contributed by atoms with Gasteiger partial charge in [-0.05, 0) is 44.9 Å². The van der Waals surface area contributed by atoms with Crippen LogP contribution in [0.3, 0.4) is 0 Å². The molecule has 6 heteroatoms. The van der Waals surface area contributed by atoms with Crippen molar-refractivity contribution in [2.24, 2.45) is 16.2 Å². The Morgan fingerprint density at radius 3 is 1.53 bits per heavy atom. The minimum absolute atomic E-state index is 0.169. The summed E-state index contributed by atoms with van der Waals surface area (Å²) in [4.78, 5) is 40.0. The number of Topliss-reactive ketones (excluding diaryl/α,β-unsaturated/α-hetero) is 1. The Balaban J connectivity index is 2.75. The quantitative estimate of drug-likeness (QED) is 0.374. The molecule has 0 unspecified atom stereocenters. The molecule has 0 aromatic rings. The van der Waals surface area contributed by atoms with E-state index in [1.54, 1.807) is 0 Å².